The van der Waals surface area contributed by atoms with Crippen molar-refractivity contribution in [2.24, 2.45) is 5.10 Å². The first-order valence-corrected chi connectivity index (χ1v) is 9.74. The summed E-state index contributed by atoms with van der Waals surface area (Å²) in [4.78, 5) is 24.7. The molecule has 7 heteroatoms. The van der Waals surface area contributed by atoms with Gasteiger partial charge in [0.2, 0.25) is 0 Å². The van der Waals surface area contributed by atoms with Gasteiger partial charge in [-0.25, -0.2) is 5.43 Å². The zero-order valence-electron chi connectivity index (χ0n) is 16.0. The van der Waals surface area contributed by atoms with Gasteiger partial charge in [-0.15, -0.1) is 0 Å². The molecular weight excluding hydrogens is 434 g/mol. The van der Waals surface area contributed by atoms with E-state index in [4.69, 9.17) is 4.74 Å². The molecule has 0 aliphatic heterocycles. The Hall–Kier alpha value is -3.19. The Labute approximate surface area is 177 Å². The number of nitrogens with one attached hydrogen (secondary N) is 2. The van der Waals surface area contributed by atoms with Gasteiger partial charge in [-0.3, -0.25) is 9.59 Å². The minimum absolute atomic E-state index is 0.347. The Kier molecular flexibility index (Phi) is 6.61. The van der Waals surface area contributed by atoms with Gasteiger partial charge < -0.3 is 10.1 Å². The molecule has 0 saturated carbocycles. The number of halogens is 1. The van der Waals surface area contributed by atoms with Crippen molar-refractivity contribution in [3.8, 4) is 5.75 Å². The fourth-order valence-corrected chi connectivity index (χ4v) is 3.29. The van der Waals surface area contributed by atoms with E-state index in [0.717, 1.165) is 16.3 Å². The van der Waals surface area contributed by atoms with E-state index in [9.17, 15) is 9.59 Å². The van der Waals surface area contributed by atoms with E-state index < -0.39 is 11.9 Å². The van der Waals surface area contributed by atoms with Crippen molar-refractivity contribution in [3.63, 3.8) is 0 Å². The lowest BCUT2D eigenvalue weighted by atomic mass is 10.0. The van der Waals surface area contributed by atoms with Gasteiger partial charge in [0.25, 0.3) is 11.8 Å². The summed E-state index contributed by atoms with van der Waals surface area (Å²) in [6, 6.07) is 17.9. The SMILES string of the molecule is COc1ccc2ccccc2c1C=NNC(=O)C(C)NC(=O)c1ccccc1Br. The molecule has 0 spiro atoms. The number of benzene rings is 3. The fourth-order valence-electron chi connectivity index (χ4n) is 2.83. The largest absolute Gasteiger partial charge is 0.496 e. The molecule has 0 radical (unpaired) electrons. The molecule has 29 heavy (non-hydrogen) atoms. The number of hydrogen-bond donors (Lipinski definition) is 2. The van der Waals surface area contributed by atoms with Gasteiger partial charge in [-0.2, -0.15) is 5.10 Å². The van der Waals surface area contributed by atoms with Crippen LogP contribution in [0.4, 0.5) is 0 Å². The lowest BCUT2D eigenvalue weighted by Gasteiger charge is -2.13. The normalized spacial score (nSPS) is 12.0. The molecule has 0 aromatic heterocycles. The maximum Gasteiger partial charge on any atom is 0.262 e. The summed E-state index contributed by atoms with van der Waals surface area (Å²) >= 11 is 3.33. The molecule has 0 aliphatic rings. The predicted molar refractivity (Wildman–Crippen MR) is 117 cm³/mol. The standard InChI is InChI=1S/C22H20BrN3O3/c1-14(25-22(28)17-9-5-6-10-19(17)23)21(27)26-24-13-18-16-8-4-3-7-15(16)11-12-20(18)29-2/h3-14H,1-2H3,(H,25,28)(H,26,27). The number of ether oxygens (including phenoxy) is 1. The summed E-state index contributed by atoms with van der Waals surface area (Å²) in [5.41, 5.74) is 3.68. The van der Waals surface area contributed by atoms with Crippen molar-refractivity contribution in [3.05, 3.63) is 76.3 Å². The van der Waals surface area contributed by atoms with Crippen molar-refractivity contribution < 1.29 is 14.3 Å². The first kappa shape index (κ1) is 20.5. The minimum atomic E-state index is -0.763. The van der Waals surface area contributed by atoms with E-state index in [1.807, 2.05) is 42.5 Å². The summed E-state index contributed by atoms with van der Waals surface area (Å²) in [5.74, 6) is -0.127. The number of amides is 2. The topological polar surface area (TPSA) is 79.8 Å². The molecule has 0 fully saturated rings. The highest BCUT2D eigenvalue weighted by Crippen LogP contribution is 2.26. The predicted octanol–water partition coefficient (Wildman–Crippen LogP) is 3.88. The van der Waals surface area contributed by atoms with Crippen molar-refractivity contribution in [2.75, 3.05) is 7.11 Å². The second-order valence-corrected chi connectivity index (χ2v) is 7.17. The van der Waals surface area contributed by atoms with E-state index in [0.29, 0.717) is 15.8 Å². The molecule has 148 valence electrons. The molecule has 0 saturated heterocycles. The van der Waals surface area contributed by atoms with Crippen LogP contribution in [-0.4, -0.2) is 31.2 Å². The van der Waals surface area contributed by atoms with Gasteiger partial charge in [0.15, 0.2) is 0 Å². The molecule has 6 nitrogen and oxygen atoms in total. The monoisotopic (exact) mass is 453 g/mol. The summed E-state index contributed by atoms with van der Waals surface area (Å²) in [6.07, 6.45) is 1.54. The molecule has 2 N–H and O–H groups in total. The summed E-state index contributed by atoms with van der Waals surface area (Å²) in [5, 5.41) is 8.71. The number of rotatable bonds is 6. The van der Waals surface area contributed by atoms with E-state index in [-0.39, 0.29) is 5.91 Å². The highest BCUT2D eigenvalue weighted by molar-refractivity contribution is 9.10. The third-order valence-electron chi connectivity index (χ3n) is 4.38. The van der Waals surface area contributed by atoms with Crippen molar-refractivity contribution in [1.82, 2.24) is 10.7 Å². The van der Waals surface area contributed by atoms with Gasteiger partial charge in [0.1, 0.15) is 11.8 Å². The van der Waals surface area contributed by atoms with Gasteiger partial charge in [0.05, 0.1) is 18.9 Å². The highest BCUT2D eigenvalue weighted by atomic mass is 79.9. The molecule has 3 aromatic carbocycles. The Morgan fingerprint density at radius 2 is 1.79 bits per heavy atom. The molecule has 1 atom stereocenters. The smallest absolute Gasteiger partial charge is 0.262 e. The Morgan fingerprint density at radius 3 is 2.55 bits per heavy atom. The Morgan fingerprint density at radius 1 is 1.07 bits per heavy atom. The molecule has 3 aromatic rings. The lowest BCUT2D eigenvalue weighted by molar-refractivity contribution is -0.122. The molecule has 0 bridgehead atoms. The van der Waals surface area contributed by atoms with E-state index >= 15 is 0 Å². The average molecular weight is 454 g/mol. The number of hydrazone groups is 1. The zero-order valence-corrected chi connectivity index (χ0v) is 17.6. The van der Waals surface area contributed by atoms with Crippen molar-refractivity contribution in [1.29, 1.82) is 0 Å². The maximum absolute atomic E-state index is 12.3. The van der Waals surface area contributed by atoms with E-state index in [2.05, 4.69) is 31.8 Å². The van der Waals surface area contributed by atoms with Crippen molar-refractivity contribution in [2.45, 2.75) is 13.0 Å². The summed E-state index contributed by atoms with van der Waals surface area (Å²) < 4.78 is 6.06. The Bertz CT molecular complexity index is 1080. The average Bonchev–Trinajstić information content (AvgIpc) is 2.73. The molecule has 0 aliphatic carbocycles. The number of fused-ring (bicyclic) bond motifs is 1. The maximum atomic E-state index is 12.3. The van der Waals surface area contributed by atoms with Crippen molar-refractivity contribution >= 4 is 44.7 Å². The highest BCUT2D eigenvalue weighted by Gasteiger charge is 2.17. The lowest BCUT2D eigenvalue weighted by Crippen LogP contribution is -2.43. The molecule has 0 heterocycles. The summed E-state index contributed by atoms with van der Waals surface area (Å²) in [7, 11) is 1.58. The van der Waals surface area contributed by atoms with Crippen LogP contribution >= 0.6 is 15.9 Å². The number of hydrogen-bond acceptors (Lipinski definition) is 4. The second kappa shape index (κ2) is 9.34. The minimum Gasteiger partial charge on any atom is -0.496 e. The van der Waals surface area contributed by atoms with Gasteiger partial charge >= 0.3 is 0 Å². The third-order valence-corrected chi connectivity index (χ3v) is 5.07. The van der Waals surface area contributed by atoms with Crippen LogP contribution in [0.2, 0.25) is 0 Å². The summed E-state index contributed by atoms with van der Waals surface area (Å²) in [6.45, 7) is 1.60. The molecule has 2 amide bonds. The first-order valence-electron chi connectivity index (χ1n) is 8.95. The van der Waals surface area contributed by atoms with Crippen LogP contribution in [0.1, 0.15) is 22.8 Å². The third kappa shape index (κ3) is 4.81. The van der Waals surface area contributed by atoms with Crippen LogP contribution in [0.5, 0.6) is 5.75 Å². The number of carbonyl (C=O) groups is 2. The van der Waals surface area contributed by atoms with Crippen LogP contribution in [-0.2, 0) is 4.79 Å². The number of methoxy groups -OCH3 is 1. The number of nitrogens with zero attached hydrogens (tertiary/aromatic N) is 1. The second-order valence-electron chi connectivity index (χ2n) is 6.31. The van der Waals surface area contributed by atoms with Crippen LogP contribution in [0, 0.1) is 0 Å². The van der Waals surface area contributed by atoms with Crippen LogP contribution in [0.3, 0.4) is 0 Å². The number of carbonyl (C=O) groups excluding carboxylic acids is 2. The Balaban J connectivity index is 1.69. The van der Waals surface area contributed by atoms with Crippen LogP contribution in [0.25, 0.3) is 10.8 Å². The fraction of sp³-hybridized carbons (Fsp3) is 0.136. The quantitative estimate of drug-likeness (QED) is 0.438. The van der Waals surface area contributed by atoms with Crippen LogP contribution < -0.4 is 15.5 Å². The van der Waals surface area contributed by atoms with Gasteiger partial charge in [-0.05, 0) is 51.8 Å². The van der Waals surface area contributed by atoms with Gasteiger partial charge in [-0.1, -0.05) is 42.5 Å². The first-order chi connectivity index (χ1) is 14.0. The van der Waals surface area contributed by atoms with Gasteiger partial charge in [0, 0.05) is 10.0 Å². The molecular formula is C22H20BrN3O3. The molecule has 1 unspecified atom stereocenters. The van der Waals surface area contributed by atoms with Crippen LogP contribution in [0.15, 0.2) is 70.2 Å². The zero-order chi connectivity index (χ0) is 20.8. The van der Waals surface area contributed by atoms with E-state index in [1.165, 1.54) is 0 Å². The molecule has 3 rings (SSSR count). The van der Waals surface area contributed by atoms with E-state index in [1.54, 1.807) is 38.4 Å².